The minimum atomic E-state index is -4.63. The predicted molar refractivity (Wildman–Crippen MR) is 179 cm³/mol. The summed E-state index contributed by atoms with van der Waals surface area (Å²) < 4.78 is 75.0. The van der Waals surface area contributed by atoms with Crippen LogP contribution in [0, 0.1) is 0 Å². The fourth-order valence-corrected chi connectivity index (χ4v) is 8.64. The lowest BCUT2D eigenvalue weighted by Gasteiger charge is -2.38. The first-order valence-corrected chi connectivity index (χ1v) is 18.0. The van der Waals surface area contributed by atoms with Gasteiger partial charge in [-0.3, -0.25) is 9.89 Å². The Morgan fingerprint density at radius 3 is 2.12 bits per heavy atom. The third-order valence-electron chi connectivity index (χ3n) is 8.14. The fourth-order valence-electron chi connectivity index (χ4n) is 5.82. The highest BCUT2D eigenvalue weighted by atomic mass is 35.5. The average molecular weight is 738 g/mol. The zero-order valence-electron chi connectivity index (χ0n) is 25.4. The number of benzene rings is 3. The number of thiophene rings is 1. The largest absolute Gasteiger partial charge is 0.493 e. The normalized spacial score (nSPS) is 19.0. The summed E-state index contributed by atoms with van der Waals surface area (Å²) in [6, 6.07) is 18.3. The molecule has 15 heteroatoms. The topological polar surface area (TPSA) is 82.5 Å². The van der Waals surface area contributed by atoms with Crippen molar-refractivity contribution in [1.82, 2.24) is 14.1 Å². The number of hydrogen-bond acceptors (Lipinski definition) is 6. The molecule has 48 heavy (non-hydrogen) atoms. The summed E-state index contributed by atoms with van der Waals surface area (Å²) in [6.07, 6.45) is -4.63. The van der Waals surface area contributed by atoms with Crippen molar-refractivity contribution < 1.29 is 31.1 Å². The van der Waals surface area contributed by atoms with E-state index < -0.39 is 39.9 Å². The number of nitrogens with zero attached hydrogens (tertiary/aromatic N) is 4. The Kier molecular flexibility index (Phi) is 9.78. The number of amidine groups is 1. The Hall–Kier alpha value is -3.62. The van der Waals surface area contributed by atoms with Gasteiger partial charge in [-0.05, 0) is 72.0 Å². The van der Waals surface area contributed by atoms with Crippen molar-refractivity contribution in [1.29, 1.82) is 0 Å². The summed E-state index contributed by atoms with van der Waals surface area (Å²) in [5, 5.41) is 2.66. The summed E-state index contributed by atoms with van der Waals surface area (Å²) in [5.74, 6) is 0.0352. The van der Waals surface area contributed by atoms with E-state index in [1.54, 1.807) is 66.9 Å². The van der Waals surface area contributed by atoms with E-state index >= 15 is 0 Å². The average Bonchev–Trinajstić information content (AvgIpc) is 3.75. The van der Waals surface area contributed by atoms with Crippen molar-refractivity contribution in [3.8, 4) is 5.75 Å². The van der Waals surface area contributed by atoms with Gasteiger partial charge in [0.2, 0.25) is 0 Å². The molecule has 3 aromatic carbocycles. The second kappa shape index (κ2) is 13.7. The molecule has 1 aromatic heterocycles. The summed E-state index contributed by atoms with van der Waals surface area (Å²) in [5.41, 5.74) is 0.685. The smallest absolute Gasteiger partial charge is 0.416 e. The molecule has 2 aliphatic rings. The number of hydrogen-bond donors (Lipinski definition) is 0. The van der Waals surface area contributed by atoms with Crippen LogP contribution in [0.3, 0.4) is 0 Å². The van der Waals surface area contributed by atoms with E-state index in [0.29, 0.717) is 21.2 Å². The summed E-state index contributed by atoms with van der Waals surface area (Å²) >= 11 is 13.6. The zero-order chi connectivity index (χ0) is 34.2. The Morgan fingerprint density at radius 1 is 0.938 bits per heavy atom. The number of piperazine rings is 1. The summed E-state index contributed by atoms with van der Waals surface area (Å²) in [7, 11) is -3.73. The van der Waals surface area contributed by atoms with Crippen LogP contribution in [-0.4, -0.2) is 67.2 Å². The molecule has 6 rings (SSSR count). The minimum absolute atomic E-state index is 0.0585. The van der Waals surface area contributed by atoms with Crippen LogP contribution in [-0.2, 0) is 16.2 Å². The quantitative estimate of drug-likeness (QED) is 0.192. The number of amides is 2. The predicted octanol–water partition coefficient (Wildman–Crippen LogP) is 8.14. The van der Waals surface area contributed by atoms with Crippen molar-refractivity contribution in [3.63, 3.8) is 0 Å². The maximum absolute atomic E-state index is 14.7. The first-order chi connectivity index (χ1) is 22.9. The molecule has 0 bridgehead atoms. The molecule has 0 aliphatic carbocycles. The second-order valence-electron chi connectivity index (χ2n) is 11.1. The molecule has 2 unspecified atom stereocenters. The maximum atomic E-state index is 14.7. The van der Waals surface area contributed by atoms with Crippen LogP contribution in [0.5, 0.6) is 5.75 Å². The molecule has 2 amide bonds. The van der Waals surface area contributed by atoms with Gasteiger partial charge >= 0.3 is 12.2 Å². The fraction of sp³-hybridized carbons (Fsp3) is 0.273. The molecule has 8 nitrogen and oxygen atoms in total. The number of urea groups is 1. The van der Waals surface area contributed by atoms with Gasteiger partial charge in [0.15, 0.2) is 0 Å². The molecule has 0 saturated carbocycles. The van der Waals surface area contributed by atoms with Gasteiger partial charge in [0.1, 0.15) is 21.8 Å². The van der Waals surface area contributed by atoms with Crippen LogP contribution in [0.15, 0.2) is 93.4 Å². The lowest BCUT2D eigenvalue weighted by atomic mass is 9.93. The molecule has 4 aromatic rings. The number of rotatable bonds is 7. The second-order valence-corrected chi connectivity index (χ2v) is 15.0. The Morgan fingerprint density at radius 2 is 1.56 bits per heavy atom. The number of carbonyl (C=O) groups excluding carboxylic acids is 1. The van der Waals surface area contributed by atoms with Crippen LogP contribution >= 0.6 is 34.5 Å². The highest BCUT2D eigenvalue weighted by Crippen LogP contribution is 2.46. The summed E-state index contributed by atoms with van der Waals surface area (Å²) in [4.78, 5) is 22.7. The lowest BCUT2D eigenvalue weighted by Crippen LogP contribution is -2.55. The van der Waals surface area contributed by atoms with E-state index in [9.17, 15) is 26.4 Å². The van der Waals surface area contributed by atoms with Crippen molar-refractivity contribution >= 4 is 56.4 Å². The summed E-state index contributed by atoms with van der Waals surface area (Å²) in [6.45, 7) is 2.00. The molecule has 2 aliphatic heterocycles. The lowest BCUT2D eigenvalue weighted by molar-refractivity contribution is -0.137. The third-order valence-corrected chi connectivity index (χ3v) is 11.9. The molecule has 0 N–H and O–H groups in total. The Labute approximate surface area is 290 Å². The van der Waals surface area contributed by atoms with E-state index in [1.807, 2.05) is 0 Å². The molecule has 252 valence electrons. The van der Waals surface area contributed by atoms with Gasteiger partial charge in [0.25, 0.3) is 10.0 Å². The van der Waals surface area contributed by atoms with Crippen molar-refractivity contribution in [2.75, 3.05) is 32.8 Å². The highest BCUT2D eigenvalue weighted by molar-refractivity contribution is 7.91. The van der Waals surface area contributed by atoms with E-state index in [4.69, 9.17) is 32.9 Å². The monoisotopic (exact) mass is 736 g/mol. The van der Waals surface area contributed by atoms with Gasteiger partial charge in [0.05, 0.1) is 23.8 Å². The van der Waals surface area contributed by atoms with Crippen molar-refractivity contribution in [3.05, 3.63) is 117 Å². The zero-order valence-corrected chi connectivity index (χ0v) is 28.5. The molecular weight excluding hydrogens is 708 g/mol. The van der Waals surface area contributed by atoms with Crippen LogP contribution in [0.1, 0.15) is 41.3 Å². The Bertz CT molecular complexity index is 1920. The van der Waals surface area contributed by atoms with E-state index in [1.165, 1.54) is 26.2 Å². The SMILES string of the molecule is CCOc1cc(C(F)(F)F)ccc1C1=NC(c2ccc(Cl)cc2)C(c2ccc(Cl)cc2)N1C(=O)N1CCN(S(=O)(=O)c2cccs2)CC1. The Balaban J connectivity index is 1.44. The third kappa shape index (κ3) is 6.79. The van der Waals surface area contributed by atoms with Gasteiger partial charge in [-0.1, -0.05) is 53.5 Å². The number of sulfonamides is 1. The molecule has 0 radical (unpaired) electrons. The van der Waals surface area contributed by atoms with Gasteiger partial charge < -0.3 is 9.64 Å². The van der Waals surface area contributed by atoms with Crippen molar-refractivity contribution in [2.45, 2.75) is 29.4 Å². The van der Waals surface area contributed by atoms with Crippen LogP contribution < -0.4 is 4.74 Å². The molecule has 3 heterocycles. The van der Waals surface area contributed by atoms with Crippen LogP contribution in [0.25, 0.3) is 0 Å². The van der Waals surface area contributed by atoms with Gasteiger partial charge in [-0.2, -0.15) is 17.5 Å². The molecular formula is C33H29Cl2F3N4O4S2. The maximum Gasteiger partial charge on any atom is 0.416 e. The van der Waals surface area contributed by atoms with E-state index in [2.05, 4.69) is 0 Å². The number of alkyl halides is 3. The number of aliphatic imine (C=N–C) groups is 1. The van der Waals surface area contributed by atoms with E-state index in [-0.39, 0.29) is 54.1 Å². The highest BCUT2D eigenvalue weighted by Gasteiger charge is 2.46. The number of carbonyl (C=O) groups is 1. The van der Waals surface area contributed by atoms with E-state index in [0.717, 1.165) is 23.5 Å². The first-order valence-electron chi connectivity index (χ1n) is 14.9. The van der Waals surface area contributed by atoms with Crippen LogP contribution in [0.4, 0.5) is 18.0 Å². The first kappa shape index (κ1) is 34.3. The number of ether oxygens (including phenoxy) is 1. The number of halogens is 5. The van der Waals surface area contributed by atoms with Gasteiger partial charge in [-0.25, -0.2) is 13.2 Å². The molecule has 1 saturated heterocycles. The molecule has 1 fully saturated rings. The van der Waals surface area contributed by atoms with Crippen molar-refractivity contribution in [2.24, 2.45) is 4.99 Å². The molecule has 0 spiro atoms. The van der Waals surface area contributed by atoms with Crippen LogP contribution in [0.2, 0.25) is 10.0 Å². The van der Waals surface area contributed by atoms with Gasteiger partial charge in [0, 0.05) is 36.2 Å². The minimum Gasteiger partial charge on any atom is -0.493 e. The molecule has 2 atom stereocenters. The standard InChI is InChI=1S/C33H29Cl2F3N4O4S2/c1-2-46-27-20-23(33(36,37)38)9-14-26(27)31-39-29(21-5-10-24(34)11-6-21)30(22-7-12-25(35)13-8-22)42(31)32(43)40-15-17-41(18-16-40)48(44,45)28-4-3-19-47-28/h3-14,19-20,29-30H,2,15-18H2,1H3. The van der Waals surface area contributed by atoms with Gasteiger partial charge in [-0.15, -0.1) is 11.3 Å².